The van der Waals surface area contributed by atoms with Gasteiger partial charge in [0.1, 0.15) is 11.8 Å². The van der Waals surface area contributed by atoms with E-state index in [1.165, 1.54) is 49.8 Å². The molecule has 3 rings (SSSR count). The van der Waals surface area contributed by atoms with E-state index in [1.807, 2.05) is 18.2 Å². The van der Waals surface area contributed by atoms with Gasteiger partial charge in [-0.1, -0.05) is 31.4 Å². The third-order valence-electron chi connectivity index (χ3n) is 4.42. The summed E-state index contributed by atoms with van der Waals surface area (Å²) in [6.45, 7) is 0. The van der Waals surface area contributed by atoms with E-state index < -0.39 is 5.91 Å². The summed E-state index contributed by atoms with van der Waals surface area (Å²) in [5.74, 6) is 0.883. The van der Waals surface area contributed by atoms with Crippen LogP contribution in [0, 0.1) is 11.3 Å². The number of nitrogens with zero attached hydrogens (tertiary/aromatic N) is 2. The molecule has 5 nitrogen and oxygen atoms in total. The molecule has 0 radical (unpaired) electrons. The van der Waals surface area contributed by atoms with E-state index in [0.717, 1.165) is 0 Å². The molecule has 1 amide bonds. The van der Waals surface area contributed by atoms with Gasteiger partial charge in [0.15, 0.2) is 5.69 Å². The Kier molecular flexibility index (Phi) is 4.76. The van der Waals surface area contributed by atoms with Crippen molar-refractivity contribution in [3.8, 4) is 17.7 Å². The molecule has 1 aliphatic carbocycles. The third-order valence-corrected chi connectivity index (χ3v) is 4.42. The molecule has 5 heteroatoms. The van der Waals surface area contributed by atoms with E-state index in [1.54, 1.807) is 0 Å². The van der Waals surface area contributed by atoms with Crippen molar-refractivity contribution in [3.63, 3.8) is 0 Å². The summed E-state index contributed by atoms with van der Waals surface area (Å²) in [6, 6.07) is 12.9. The molecule has 0 spiro atoms. The highest BCUT2D eigenvalue weighted by Gasteiger charge is 2.15. The maximum absolute atomic E-state index is 11.2. The Labute approximate surface area is 141 Å². The molecule has 0 saturated heterocycles. The number of pyridine rings is 1. The standard InChI is InChI=1S/C19H19N3O2/c20-12-17-16(19(21)23)10-11-18(22-17)24-15-8-6-14(7-9-15)13-4-2-1-3-5-13/h6-11,13H,1-5H2,(H2,21,23). The summed E-state index contributed by atoms with van der Waals surface area (Å²) in [5, 5.41) is 9.06. The fourth-order valence-electron chi connectivity index (χ4n) is 3.15. The number of carbonyl (C=O) groups excluding carboxylic acids is 1. The van der Waals surface area contributed by atoms with Crippen molar-refractivity contribution in [2.45, 2.75) is 38.0 Å². The van der Waals surface area contributed by atoms with Crippen LogP contribution in [0.3, 0.4) is 0 Å². The summed E-state index contributed by atoms with van der Waals surface area (Å²) in [6.07, 6.45) is 6.45. The molecule has 1 fully saturated rings. The van der Waals surface area contributed by atoms with Crippen LogP contribution in [-0.2, 0) is 0 Å². The van der Waals surface area contributed by atoms with Gasteiger partial charge in [-0.25, -0.2) is 4.98 Å². The van der Waals surface area contributed by atoms with Crippen molar-refractivity contribution in [1.29, 1.82) is 5.26 Å². The largest absolute Gasteiger partial charge is 0.439 e. The molecule has 0 unspecified atom stereocenters. The Balaban J connectivity index is 1.74. The number of aromatic nitrogens is 1. The first kappa shape index (κ1) is 16.0. The van der Waals surface area contributed by atoms with Gasteiger partial charge in [-0.3, -0.25) is 4.79 Å². The number of benzene rings is 1. The number of primary amides is 1. The van der Waals surface area contributed by atoms with E-state index in [2.05, 4.69) is 17.1 Å². The Morgan fingerprint density at radius 1 is 1.12 bits per heavy atom. The molecule has 2 N–H and O–H groups in total. The molecule has 2 aromatic rings. The van der Waals surface area contributed by atoms with Crippen molar-refractivity contribution in [1.82, 2.24) is 4.98 Å². The minimum absolute atomic E-state index is 0.0289. The molecule has 1 aromatic heterocycles. The highest BCUT2D eigenvalue weighted by atomic mass is 16.5. The van der Waals surface area contributed by atoms with Crippen LogP contribution < -0.4 is 10.5 Å². The minimum atomic E-state index is -0.678. The fourth-order valence-corrected chi connectivity index (χ4v) is 3.15. The number of hydrogen-bond donors (Lipinski definition) is 1. The number of ether oxygens (including phenoxy) is 1. The maximum atomic E-state index is 11.2. The lowest BCUT2D eigenvalue weighted by atomic mass is 9.84. The summed E-state index contributed by atoms with van der Waals surface area (Å²) in [5.41, 5.74) is 6.62. The lowest BCUT2D eigenvalue weighted by Gasteiger charge is -2.22. The predicted molar refractivity (Wildman–Crippen MR) is 89.8 cm³/mol. The molecule has 0 bridgehead atoms. The number of nitrogens with two attached hydrogens (primary N) is 1. The zero-order valence-corrected chi connectivity index (χ0v) is 13.4. The first-order chi connectivity index (χ1) is 11.7. The van der Waals surface area contributed by atoms with Crippen LogP contribution in [0.15, 0.2) is 36.4 Å². The minimum Gasteiger partial charge on any atom is -0.439 e. The smallest absolute Gasteiger partial charge is 0.251 e. The predicted octanol–water partition coefficient (Wildman–Crippen LogP) is 3.89. The van der Waals surface area contributed by atoms with Crippen LogP contribution in [0.2, 0.25) is 0 Å². The Hall–Kier alpha value is -2.87. The second-order valence-electron chi connectivity index (χ2n) is 6.03. The van der Waals surface area contributed by atoms with E-state index in [0.29, 0.717) is 11.7 Å². The topological polar surface area (TPSA) is 89.0 Å². The fraction of sp³-hybridized carbons (Fsp3) is 0.316. The number of amides is 1. The molecule has 24 heavy (non-hydrogen) atoms. The molecular formula is C19H19N3O2. The van der Waals surface area contributed by atoms with Crippen LogP contribution in [0.4, 0.5) is 0 Å². The van der Waals surface area contributed by atoms with Gasteiger partial charge in [-0.05, 0) is 42.5 Å². The maximum Gasteiger partial charge on any atom is 0.251 e. The SMILES string of the molecule is N#Cc1nc(Oc2ccc(C3CCCCC3)cc2)ccc1C(N)=O. The van der Waals surface area contributed by atoms with Gasteiger partial charge in [-0.15, -0.1) is 0 Å². The van der Waals surface area contributed by atoms with Crippen molar-refractivity contribution in [2.24, 2.45) is 5.73 Å². The van der Waals surface area contributed by atoms with Gasteiger partial charge in [0.25, 0.3) is 5.91 Å². The summed E-state index contributed by atoms with van der Waals surface area (Å²) < 4.78 is 5.68. The Bertz CT molecular complexity index is 772. The second kappa shape index (κ2) is 7.14. The number of rotatable bonds is 4. The molecule has 1 aromatic carbocycles. The monoisotopic (exact) mass is 321 g/mol. The van der Waals surface area contributed by atoms with Gasteiger partial charge in [0.05, 0.1) is 5.56 Å². The molecule has 1 aliphatic rings. The van der Waals surface area contributed by atoms with Gasteiger partial charge >= 0.3 is 0 Å². The lowest BCUT2D eigenvalue weighted by molar-refractivity contribution is 0.0999. The number of hydrogen-bond acceptors (Lipinski definition) is 4. The number of nitriles is 1. The summed E-state index contributed by atoms with van der Waals surface area (Å²) in [4.78, 5) is 15.3. The molecule has 122 valence electrons. The van der Waals surface area contributed by atoms with Crippen molar-refractivity contribution < 1.29 is 9.53 Å². The van der Waals surface area contributed by atoms with E-state index >= 15 is 0 Å². The average Bonchev–Trinajstić information content (AvgIpc) is 2.63. The second-order valence-corrected chi connectivity index (χ2v) is 6.03. The summed E-state index contributed by atoms with van der Waals surface area (Å²) >= 11 is 0. The molecule has 0 aliphatic heterocycles. The van der Waals surface area contributed by atoms with Crippen molar-refractivity contribution in [2.75, 3.05) is 0 Å². The quantitative estimate of drug-likeness (QED) is 0.925. The molecule has 1 saturated carbocycles. The molecule has 1 heterocycles. The molecule has 0 atom stereocenters. The van der Waals surface area contributed by atoms with Crippen molar-refractivity contribution >= 4 is 5.91 Å². The Morgan fingerprint density at radius 3 is 2.46 bits per heavy atom. The third kappa shape index (κ3) is 3.54. The zero-order chi connectivity index (χ0) is 16.9. The average molecular weight is 321 g/mol. The normalized spacial score (nSPS) is 14.8. The van der Waals surface area contributed by atoms with Crippen LogP contribution in [0.1, 0.15) is 59.6 Å². The lowest BCUT2D eigenvalue weighted by Crippen LogP contribution is -2.13. The van der Waals surface area contributed by atoms with Crippen LogP contribution in [-0.4, -0.2) is 10.9 Å². The molecular weight excluding hydrogens is 302 g/mol. The van der Waals surface area contributed by atoms with Gasteiger partial charge < -0.3 is 10.5 Å². The van der Waals surface area contributed by atoms with Crippen LogP contribution >= 0.6 is 0 Å². The van der Waals surface area contributed by atoms with Crippen LogP contribution in [0.5, 0.6) is 11.6 Å². The highest BCUT2D eigenvalue weighted by Crippen LogP contribution is 2.33. The van der Waals surface area contributed by atoms with Crippen molar-refractivity contribution in [3.05, 3.63) is 53.2 Å². The van der Waals surface area contributed by atoms with Gasteiger partial charge in [-0.2, -0.15) is 5.26 Å². The first-order valence-corrected chi connectivity index (χ1v) is 8.16. The van der Waals surface area contributed by atoms with E-state index in [-0.39, 0.29) is 17.1 Å². The Morgan fingerprint density at radius 2 is 1.83 bits per heavy atom. The van der Waals surface area contributed by atoms with E-state index in [9.17, 15) is 4.79 Å². The van der Waals surface area contributed by atoms with E-state index in [4.69, 9.17) is 15.7 Å². The number of carbonyl (C=O) groups is 1. The first-order valence-electron chi connectivity index (χ1n) is 8.16. The van der Waals surface area contributed by atoms with Crippen LogP contribution in [0.25, 0.3) is 0 Å². The van der Waals surface area contributed by atoms with Gasteiger partial charge in [0, 0.05) is 6.07 Å². The zero-order valence-electron chi connectivity index (χ0n) is 13.4. The highest BCUT2D eigenvalue weighted by molar-refractivity contribution is 5.94. The van der Waals surface area contributed by atoms with Gasteiger partial charge in [0.2, 0.25) is 5.88 Å². The summed E-state index contributed by atoms with van der Waals surface area (Å²) in [7, 11) is 0.